The predicted molar refractivity (Wildman–Crippen MR) is 82.1 cm³/mol. The zero-order chi connectivity index (χ0) is 15.2. The third-order valence-corrected chi connectivity index (χ3v) is 3.65. The lowest BCUT2D eigenvalue weighted by Crippen LogP contribution is -2.25. The molecule has 0 aliphatic rings. The van der Waals surface area contributed by atoms with E-state index in [4.69, 9.17) is 16.3 Å². The Morgan fingerprint density at radius 2 is 1.76 bits per heavy atom. The average molecular weight is 305 g/mol. The van der Waals surface area contributed by atoms with Gasteiger partial charge >= 0.3 is 5.97 Å². The first kappa shape index (κ1) is 15.5. The van der Waals surface area contributed by atoms with Crippen LogP contribution in [0, 0.1) is 5.92 Å². The van der Waals surface area contributed by atoms with Gasteiger partial charge in [0.15, 0.2) is 0 Å². The molecule has 0 unspecified atom stereocenters. The Morgan fingerprint density at radius 3 is 2.33 bits per heavy atom. The van der Waals surface area contributed by atoms with Crippen LogP contribution in [0.4, 0.5) is 0 Å². The number of rotatable bonds is 5. The van der Waals surface area contributed by atoms with Crippen LogP contribution in [0.1, 0.15) is 17.2 Å². The van der Waals surface area contributed by atoms with E-state index in [0.717, 1.165) is 5.56 Å². The summed E-state index contributed by atoms with van der Waals surface area (Å²) in [6.07, 6.45) is -0.521. The van der Waals surface area contributed by atoms with E-state index in [1.807, 2.05) is 30.3 Å². The number of hydrogen-bond acceptors (Lipinski definition) is 3. The molecular formula is C17H17ClO3. The van der Waals surface area contributed by atoms with Gasteiger partial charge in [-0.25, -0.2) is 0 Å². The molecule has 21 heavy (non-hydrogen) atoms. The van der Waals surface area contributed by atoms with E-state index in [-0.39, 0.29) is 0 Å². The SMILES string of the molecule is COC(=O)[C@H](Cc1ccccc1)[C@@H](O)c1ccc(Cl)cc1. The molecule has 2 aromatic rings. The van der Waals surface area contributed by atoms with Crippen LogP contribution in [-0.2, 0) is 16.0 Å². The summed E-state index contributed by atoms with van der Waals surface area (Å²) in [5, 5.41) is 11.1. The molecule has 2 atom stereocenters. The second-order valence-electron chi connectivity index (χ2n) is 4.82. The lowest BCUT2D eigenvalue weighted by atomic mass is 9.90. The van der Waals surface area contributed by atoms with Crippen LogP contribution in [0.2, 0.25) is 5.02 Å². The summed E-state index contributed by atoms with van der Waals surface area (Å²) in [4.78, 5) is 12.0. The van der Waals surface area contributed by atoms with Crippen molar-refractivity contribution in [3.63, 3.8) is 0 Å². The number of aliphatic hydroxyl groups is 1. The number of carbonyl (C=O) groups is 1. The van der Waals surface area contributed by atoms with Crippen LogP contribution < -0.4 is 0 Å². The Kier molecular flexibility index (Phi) is 5.37. The number of halogens is 1. The Labute approximate surface area is 129 Å². The number of hydrogen-bond donors (Lipinski definition) is 1. The summed E-state index contributed by atoms with van der Waals surface area (Å²) < 4.78 is 4.83. The third kappa shape index (κ3) is 4.06. The summed E-state index contributed by atoms with van der Waals surface area (Å²) in [5.74, 6) is -1.08. The van der Waals surface area contributed by atoms with Gasteiger partial charge in [-0.05, 0) is 29.7 Å². The molecule has 0 spiro atoms. The van der Waals surface area contributed by atoms with Crippen LogP contribution in [0.15, 0.2) is 54.6 Å². The minimum Gasteiger partial charge on any atom is -0.469 e. The van der Waals surface area contributed by atoms with Crippen molar-refractivity contribution < 1.29 is 14.6 Å². The summed E-state index contributed by atoms with van der Waals surface area (Å²) in [6, 6.07) is 16.4. The Morgan fingerprint density at radius 1 is 1.14 bits per heavy atom. The summed E-state index contributed by atoms with van der Waals surface area (Å²) in [6.45, 7) is 0. The smallest absolute Gasteiger partial charge is 0.311 e. The molecule has 0 saturated carbocycles. The molecule has 0 bridgehead atoms. The molecular weight excluding hydrogens is 288 g/mol. The molecule has 0 radical (unpaired) electrons. The molecule has 1 N–H and O–H groups in total. The Bertz CT molecular complexity index is 581. The Balaban J connectivity index is 2.23. The molecule has 2 rings (SSSR count). The minimum atomic E-state index is -0.935. The monoisotopic (exact) mass is 304 g/mol. The number of benzene rings is 2. The van der Waals surface area contributed by atoms with Crippen LogP contribution in [0.5, 0.6) is 0 Å². The van der Waals surface area contributed by atoms with E-state index in [2.05, 4.69) is 0 Å². The van der Waals surface area contributed by atoms with Crippen LogP contribution >= 0.6 is 11.6 Å². The zero-order valence-corrected chi connectivity index (χ0v) is 12.5. The standard InChI is InChI=1S/C17H17ClO3/c1-21-17(20)15(11-12-5-3-2-4-6-12)16(19)13-7-9-14(18)10-8-13/h2-10,15-16,19H,11H2,1H3/t15-,16+/m1/s1. The molecule has 4 heteroatoms. The lowest BCUT2D eigenvalue weighted by Gasteiger charge is -2.21. The Hall–Kier alpha value is -1.84. The second kappa shape index (κ2) is 7.25. The summed E-state index contributed by atoms with van der Waals surface area (Å²) in [5.41, 5.74) is 1.62. The van der Waals surface area contributed by atoms with Crippen molar-refractivity contribution in [3.8, 4) is 0 Å². The highest BCUT2D eigenvalue weighted by molar-refractivity contribution is 6.30. The van der Waals surface area contributed by atoms with Gasteiger partial charge in [-0.3, -0.25) is 4.79 Å². The molecule has 3 nitrogen and oxygen atoms in total. The topological polar surface area (TPSA) is 46.5 Å². The van der Waals surface area contributed by atoms with Gasteiger partial charge in [0, 0.05) is 5.02 Å². The first-order valence-electron chi connectivity index (χ1n) is 6.67. The number of methoxy groups -OCH3 is 1. The zero-order valence-electron chi connectivity index (χ0n) is 11.7. The van der Waals surface area contributed by atoms with Crippen LogP contribution in [0.25, 0.3) is 0 Å². The molecule has 0 fully saturated rings. The van der Waals surface area contributed by atoms with Crippen molar-refractivity contribution in [2.24, 2.45) is 5.92 Å². The van der Waals surface area contributed by atoms with E-state index in [0.29, 0.717) is 17.0 Å². The van der Waals surface area contributed by atoms with Gasteiger partial charge in [-0.15, -0.1) is 0 Å². The van der Waals surface area contributed by atoms with Gasteiger partial charge in [0.1, 0.15) is 0 Å². The van der Waals surface area contributed by atoms with Gasteiger partial charge in [-0.2, -0.15) is 0 Å². The van der Waals surface area contributed by atoms with Crippen LogP contribution in [-0.4, -0.2) is 18.2 Å². The highest BCUT2D eigenvalue weighted by Crippen LogP contribution is 2.27. The first-order chi connectivity index (χ1) is 10.1. The van der Waals surface area contributed by atoms with E-state index >= 15 is 0 Å². The normalized spacial score (nSPS) is 13.5. The van der Waals surface area contributed by atoms with Crippen molar-refractivity contribution in [2.75, 3.05) is 7.11 Å². The van der Waals surface area contributed by atoms with Gasteiger partial charge in [0.25, 0.3) is 0 Å². The number of aliphatic hydroxyl groups excluding tert-OH is 1. The van der Waals surface area contributed by atoms with Crippen LogP contribution in [0.3, 0.4) is 0 Å². The lowest BCUT2D eigenvalue weighted by molar-refractivity contribution is -0.149. The van der Waals surface area contributed by atoms with Gasteiger partial charge in [-0.1, -0.05) is 54.1 Å². The highest BCUT2D eigenvalue weighted by atomic mass is 35.5. The maximum Gasteiger partial charge on any atom is 0.311 e. The molecule has 0 aliphatic carbocycles. The fourth-order valence-corrected chi connectivity index (χ4v) is 2.36. The molecule has 0 amide bonds. The minimum absolute atomic E-state index is 0.414. The number of carbonyl (C=O) groups excluding carboxylic acids is 1. The molecule has 2 aromatic carbocycles. The fraction of sp³-hybridized carbons (Fsp3) is 0.235. The van der Waals surface area contributed by atoms with Crippen molar-refractivity contribution in [2.45, 2.75) is 12.5 Å². The predicted octanol–water partition coefficient (Wildman–Crippen LogP) is 3.41. The first-order valence-corrected chi connectivity index (χ1v) is 7.05. The molecule has 0 aliphatic heterocycles. The quantitative estimate of drug-likeness (QED) is 0.861. The number of ether oxygens (including phenoxy) is 1. The second-order valence-corrected chi connectivity index (χ2v) is 5.25. The van der Waals surface area contributed by atoms with E-state index in [1.165, 1.54) is 7.11 Å². The van der Waals surface area contributed by atoms with Crippen molar-refractivity contribution >= 4 is 17.6 Å². The van der Waals surface area contributed by atoms with Gasteiger partial charge < -0.3 is 9.84 Å². The maximum absolute atomic E-state index is 12.0. The van der Waals surface area contributed by atoms with E-state index in [9.17, 15) is 9.90 Å². The highest BCUT2D eigenvalue weighted by Gasteiger charge is 2.29. The van der Waals surface area contributed by atoms with Gasteiger partial charge in [0.05, 0.1) is 19.1 Å². The third-order valence-electron chi connectivity index (χ3n) is 3.40. The fourth-order valence-electron chi connectivity index (χ4n) is 2.24. The van der Waals surface area contributed by atoms with Crippen molar-refractivity contribution in [3.05, 3.63) is 70.7 Å². The molecule has 110 valence electrons. The maximum atomic E-state index is 12.0. The van der Waals surface area contributed by atoms with Gasteiger partial charge in [0.2, 0.25) is 0 Å². The van der Waals surface area contributed by atoms with Crippen molar-refractivity contribution in [1.29, 1.82) is 0 Å². The largest absolute Gasteiger partial charge is 0.469 e. The van der Waals surface area contributed by atoms with Crippen molar-refractivity contribution in [1.82, 2.24) is 0 Å². The average Bonchev–Trinajstić information content (AvgIpc) is 2.53. The summed E-state index contributed by atoms with van der Waals surface area (Å²) >= 11 is 5.84. The molecule has 0 heterocycles. The number of esters is 1. The molecule has 0 aromatic heterocycles. The van der Waals surface area contributed by atoms with E-state index < -0.39 is 18.0 Å². The van der Waals surface area contributed by atoms with E-state index in [1.54, 1.807) is 24.3 Å². The summed E-state index contributed by atoms with van der Waals surface area (Å²) in [7, 11) is 1.33. The molecule has 0 saturated heterocycles.